The molecule has 8 heteroatoms. The van der Waals surface area contributed by atoms with Crippen LogP contribution in [-0.4, -0.2) is 64.4 Å². The van der Waals surface area contributed by atoms with E-state index in [0.717, 1.165) is 37.2 Å². The van der Waals surface area contributed by atoms with Gasteiger partial charge in [-0.15, -0.1) is 0 Å². The van der Waals surface area contributed by atoms with E-state index in [1.165, 1.54) is 0 Å². The van der Waals surface area contributed by atoms with Crippen LogP contribution in [0.3, 0.4) is 0 Å². The number of rotatable bonds is 7. The van der Waals surface area contributed by atoms with Gasteiger partial charge in [-0.3, -0.25) is 9.79 Å². The fraction of sp³-hybridized carbons (Fsp3) is 0.600. The summed E-state index contributed by atoms with van der Waals surface area (Å²) >= 11 is 0. The molecule has 0 spiro atoms. The molecule has 28 heavy (non-hydrogen) atoms. The fourth-order valence-electron chi connectivity index (χ4n) is 3.77. The van der Waals surface area contributed by atoms with Gasteiger partial charge in [-0.1, -0.05) is 12.8 Å². The van der Waals surface area contributed by atoms with Crippen LogP contribution in [0.2, 0.25) is 0 Å². The molecule has 1 aliphatic heterocycles. The number of hydrogen-bond donors (Lipinski definition) is 2. The lowest BCUT2D eigenvalue weighted by atomic mass is 9.84. The molecule has 1 heterocycles. The highest BCUT2D eigenvalue weighted by molar-refractivity contribution is 5.85. The molecule has 1 aromatic rings. The van der Waals surface area contributed by atoms with Crippen molar-refractivity contribution in [1.29, 1.82) is 0 Å². The summed E-state index contributed by atoms with van der Waals surface area (Å²) in [7, 11) is 5.37. The number of carbonyl (C=O) groups is 1. The third-order valence-corrected chi connectivity index (χ3v) is 5.25. The van der Waals surface area contributed by atoms with Gasteiger partial charge >= 0.3 is 0 Å². The summed E-state index contributed by atoms with van der Waals surface area (Å²) in [5.74, 6) is 3.04. The van der Waals surface area contributed by atoms with Crippen LogP contribution in [0.1, 0.15) is 25.7 Å². The molecule has 1 aliphatic carbocycles. The van der Waals surface area contributed by atoms with Crippen molar-refractivity contribution in [2.24, 2.45) is 10.4 Å². The predicted octanol–water partition coefficient (Wildman–Crippen LogP) is 1.61. The van der Waals surface area contributed by atoms with Gasteiger partial charge in [0.2, 0.25) is 12.7 Å². The van der Waals surface area contributed by atoms with Crippen LogP contribution in [-0.2, 0) is 4.79 Å². The maximum absolute atomic E-state index is 12.7. The normalized spacial score (nSPS) is 17.3. The molecule has 3 rings (SSSR count). The van der Waals surface area contributed by atoms with E-state index in [4.69, 9.17) is 14.2 Å². The number of fused-ring (bicyclic) bond motifs is 1. The van der Waals surface area contributed by atoms with E-state index in [1.54, 1.807) is 11.9 Å². The largest absolute Gasteiger partial charge is 0.492 e. The van der Waals surface area contributed by atoms with Crippen molar-refractivity contribution in [2.75, 3.05) is 47.6 Å². The van der Waals surface area contributed by atoms with Gasteiger partial charge in [0.25, 0.3) is 0 Å². The summed E-state index contributed by atoms with van der Waals surface area (Å²) in [6.45, 7) is 1.90. The molecule has 1 amide bonds. The Labute approximate surface area is 166 Å². The van der Waals surface area contributed by atoms with Crippen LogP contribution in [0.25, 0.3) is 0 Å². The lowest BCUT2D eigenvalue weighted by molar-refractivity contribution is -0.138. The van der Waals surface area contributed by atoms with Crippen molar-refractivity contribution >= 4 is 11.9 Å². The van der Waals surface area contributed by atoms with Crippen molar-refractivity contribution in [2.45, 2.75) is 25.7 Å². The van der Waals surface area contributed by atoms with Crippen LogP contribution >= 0.6 is 0 Å². The van der Waals surface area contributed by atoms with E-state index in [2.05, 4.69) is 15.6 Å². The molecule has 0 unspecified atom stereocenters. The Kier molecular flexibility index (Phi) is 6.49. The van der Waals surface area contributed by atoms with E-state index in [-0.39, 0.29) is 18.1 Å². The topological polar surface area (TPSA) is 84.4 Å². The SMILES string of the molecule is CN=C(NCCOc1ccc2c(c1)OCO2)NCC1(C(=O)N(C)C)CCCC1. The molecule has 0 bridgehead atoms. The van der Waals surface area contributed by atoms with Gasteiger partial charge in [0.15, 0.2) is 17.5 Å². The Morgan fingerprint density at radius 3 is 2.68 bits per heavy atom. The minimum atomic E-state index is -0.329. The molecule has 2 N–H and O–H groups in total. The minimum Gasteiger partial charge on any atom is -0.492 e. The zero-order valence-electron chi connectivity index (χ0n) is 16.9. The lowest BCUT2D eigenvalue weighted by Gasteiger charge is -2.31. The van der Waals surface area contributed by atoms with E-state index in [9.17, 15) is 4.79 Å². The van der Waals surface area contributed by atoms with Crippen LogP contribution in [0.15, 0.2) is 23.2 Å². The first-order valence-corrected chi connectivity index (χ1v) is 9.73. The molecule has 0 atom stereocenters. The van der Waals surface area contributed by atoms with Crippen molar-refractivity contribution in [1.82, 2.24) is 15.5 Å². The van der Waals surface area contributed by atoms with Gasteiger partial charge in [0, 0.05) is 33.8 Å². The maximum atomic E-state index is 12.7. The van der Waals surface area contributed by atoms with Crippen molar-refractivity contribution < 1.29 is 19.0 Å². The monoisotopic (exact) mass is 390 g/mol. The number of hydrogen-bond acceptors (Lipinski definition) is 5. The number of ether oxygens (including phenoxy) is 3. The second kappa shape index (κ2) is 9.03. The molecule has 1 saturated carbocycles. The Hall–Kier alpha value is -2.64. The van der Waals surface area contributed by atoms with Crippen LogP contribution in [0, 0.1) is 5.41 Å². The van der Waals surface area contributed by atoms with Crippen LogP contribution < -0.4 is 24.8 Å². The molecule has 0 saturated heterocycles. The fourth-order valence-corrected chi connectivity index (χ4v) is 3.77. The molecule has 0 radical (unpaired) electrons. The highest BCUT2D eigenvalue weighted by Crippen LogP contribution is 2.39. The summed E-state index contributed by atoms with van der Waals surface area (Å²) in [4.78, 5) is 18.6. The van der Waals surface area contributed by atoms with E-state index in [0.29, 0.717) is 31.4 Å². The first kappa shape index (κ1) is 20.1. The minimum absolute atomic E-state index is 0.194. The highest BCUT2D eigenvalue weighted by Gasteiger charge is 2.42. The Morgan fingerprint density at radius 2 is 1.96 bits per heavy atom. The molecular weight excluding hydrogens is 360 g/mol. The quantitative estimate of drug-likeness (QED) is 0.418. The molecule has 8 nitrogen and oxygen atoms in total. The Balaban J connectivity index is 1.44. The van der Waals surface area contributed by atoms with Crippen molar-refractivity contribution in [3.8, 4) is 17.2 Å². The Morgan fingerprint density at radius 1 is 1.21 bits per heavy atom. The van der Waals surface area contributed by atoms with E-state index in [1.807, 2.05) is 32.3 Å². The lowest BCUT2D eigenvalue weighted by Crippen LogP contribution is -2.49. The Bertz CT molecular complexity index is 714. The first-order valence-electron chi connectivity index (χ1n) is 9.73. The van der Waals surface area contributed by atoms with Crippen LogP contribution in [0.5, 0.6) is 17.2 Å². The predicted molar refractivity (Wildman–Crippen MR) is 107 cm³/mol. The smallest absolute Gasteiger partial charge is 0.231 e. The number of benzene rings is 1. The molecule has 1 aromatic carbocycles. The number of amides is 1. The number of nitrogens with zero attached hydrogens (tertiary/aromatic N) is 2. The van der Waals surface area contributed by atoms with E-state index >= 15 is 0 Å². The molecule has 154 valence electrons. The van der Waals surface area contributed by atoms with Crippen molar-refractivity contribution in [3.05, 3.63) is 18.2 Å². The van der Waals surface area contributed by atoms with Gasteiger partial charge in [0.05, 0.1) is 12.0 Å². The average molecular weight is 390 g/mol. The summed E-state index contributed by atoms with van der Waals surface area (Å²) in [5, 5.41) is 6.55. The van der Waals surface area contributed by atoms with Crippen LogP contribution in [0.4, 0.5) is 0 Å². The molecule has 0 aromatic heterocycles. The zero-order chi connectivity index (χ0) is 20.0. The van der Waals surface area contributed by atoms with Crippen molar-refractivity contribution in [3.63, 3.8) is 0 Å². The second-order valence-corrected chi connectivity index (χ2v) is 7.40. The molecular formula is C20H30N4O4. The zero-order valence-corrected chi connectivity index (χ0v) is 16.9. The summed E-state index contributed by atoms with van der Waals surface area (Å²) < 4.78 is 16.4. The third-order valence-electron chi connectivity index (χ3n) is 5.25. The average Bonchev–Trinajstić information content (AvgIpc) is 3.36. The van der Waals surface area contributed by atoms with Gasteiger partial charge in [-0.2, -0.15) is 0 Å². The van der Waals surface area contributed by atoms with Gasteiger partial charge in [0.1, 0.15) is 12.4 Å². The number of guanidine groups is 1. The number of aliphatic imine (C=N–C) groups is 1. The van der Waals surface area contributed by atoms with E-state index < -0.39 is 0 Å². The standard InChI is InChI=1S/C20H30N4O4/c1-21-19(23-13-20(8-4-5-9-20)18(25)24(2)3)22-10-11-26-15-6-7-16-17(12-15)28-14-27-16/h6-7,12H,4-5,8-11,13-14H2,1-3H3,(H2,21,22,23). The summed E-state index contributed by atoms with van der Waals surface area (Å²) in [6.07, 6.45) is 4.02. The van der Waals surface area contributed by atoms with Gasteiger partial charge < -0.3 is 29.7 Å². The number of nitrogens with one attached hydrogen (secondary N) is 2. The third kappa shape index (κ3) is 4.61. The highest BCUT2D eigenvalue weighted by atomic mass is 16.7. The first-order chi connectivity index (χ1) is 13.5. The van der Waals surface area contributed by atoms with Gasteiger partial charge in [-0.05, 0) is 25.0 Å². The van der Waals surface area contributed by atoms with Gasteiger partial charge in [-0.25, -0.2) is 0 Å². The summed E-state index contributed by atoms with van der Waals surface area (Å²) in [6, 6.07) is 5.53. The summed E-state index contributed by atoms with van der Waals surface area (Å²) in [5.41, 5.74) is -0.329. The second-order valence-electron chi connectivity index (χ2n) is 7.40. The molecule has 2 aliphatic rings. The maximum Gasteiger partial charge on any atom is 0.231 e. The molecule has 1 fully saturated rings. The number of carbonyl (C=O) groups excluding carboxylic acids is 1.